The maximum absolute atomic E-state index is 10.3. The molecule has 1 aromatic heterocycles. The predicted octanol–water partition coefficient (Wildman–Crippen LogP) is -1.57. The molecule has 100 valence electrons. The third-order valence-electron chi connectivity index (χ3n) is 2.43. The second kappa shape index (κ2) is 9.58. The molecule has 0 amide bonds. The Labute approximate surface area is 117 Å². The van der Waals surface area contributed by atoms with Gasteiger partial charge in [0.05, 0.1) is 6.21 Å². The average molecular weight is 317 g/mol. The molecule has 2 N–H and O–H groups in total. The number of aryl methyl sites for hydroxylation is 1. The lowest BCUT2D eigenvalue weighted by molar-refractivity contribution is -0.697. The lowest BCUT2D eigenvalue weighted by Gasteiger charge is -1.97. The van der Waals surface area contributed by atoms with Gasteiger partial charge in [-0.1, -0.05) is 5.16 Å². The quantitative estimate of drug-likeness (QED) is 0.210. The van der Waals surface area contributed by atoms with E-state index in [0.717, 1.165) is 31.4 Å². The second-order valence-corrected chi connectivity index (χ2v) is 3.82. The van der Waals surface area contributed by atoms with E-state index in [1.165, 1.54) is 6.21 Å². The zero-order valence-corrected chi connectivity index (χ0v) is 11.6. The highest BCUT2D eigenvalue weighted by Crippen LogP contribution is 1.99. The number of rotatable bonds is 7. The van der Waals surface area contributed by atoms with Crippen LogP contribution in [-0.2, 0) is 11.3 Å². The van der Waals surface area contributed by atoms with E-state index in [-0.39, 0.29) is 23.4 Å². The van der Waals surface area contributed by atoms with E-state index >= 15 is 0 Å². The van der Waals surface area contributed by atoms with Gasteiger partial charge in [-0.3, -0.25) is 4.79 Å². The van der Waals surface area contributed by atoms with E-state index in [4.69, 9.17) is 10.3 Å². The number of carboxylic acid groups (broad SMARTS) is 1. The Hall–Kier alpha value is -1.43. The van der Waals surface area contributed by atoms with E-state index in [2.05, 4.69) is 5.16 Å². The van der Waals surface area contributed by atoms with Crippen molar-refractivity contribution in [3.8, 4) is 0 Å². The van der Waals surface area contributed by atoms with Gasteiger partial charge in [-0.25, -0.2) is 4.57 Å². The van der Waals surface area contributed by atoms with Gasteiger partial charge in [0, 0.05) is 30.5 Å². The molecule has 0 spiro atoms. The van der Waals surface area contributed by atoms with Crippen molar-refractivity contribution < 1.29 is 36.7 Å². The Bertz CT molecular complexity index is 379. The molecule has 0 aromatic carbocycles. The Balaban J connectivity index is 0.00000289. The smallest absolute Gasteiger partial charge is 0.303 e. The summed E-state index contributed by atoms with van der Waals surface area (Å²) in [4.78, 5) is 10.3. The Morgan fingerprint density at radius 1 is 1.28 bits per heavy atom. The highest BCUT2D eigenvalue weighted by Gasteiger charge is 2.01. The number of halogens is 1. The van der Waals surface area contributed by atoms with Crippen LogP contribution in [0.4, 0.5) is 0 Å². The summed E-state index contributed by atoms with van der Waals surface area (Å²) in [5.74, 6) is -0.731. The molecule has 18 heavy (non-hydrogen) atoms. The summed E-state index contributed by atoms with van der Waals surface area (Å²) in [6.45, 7) is 0.871. The van der Waals surface area contributed by atoms with Crippen LogP contribution in [0.3, 0.4) is 0 Å². The number of unbranched alkanes of at least 4 members (excludes halogenated alkanes) is 2. The van der Waals surface area contributed by atoms with Crippen LogP contribution in [0.2, 0.25) is 0 Å². The number of aliphatic carboxylic acids is 1. The molecule has 0 aliphatic heterocycles. The standard InChI is InChI=1S/C12H16N2O3.BrH/c15-12(16)4-2-1-3-7-14-8-5-11(6-9-14)10-13-17;/h5-6,8-10H,1-4,7H2,(H,15,16);1H. The number of oxime groups is 1. The molecule has 5 nitrogen and oxygen atoms in total. The maximum Gasteiger partial charge on any atom is 0.303 e. The number of carboxylic acids is 1. The van der Waals surface area contributed by atoms with Gasteiger partial charge < -0.3 is 27.3 Å². The highest BCUT2D eigenvalue weighted by atomic mass is 79.9. The molecule has 0 fully saturated rings. The normalized spacial score (nSPS) is 10.2. The molecule has 0 saturated carbocycles. The first-order valence-corrected chi connectivity index (χ1v) is 5.60. The Kier molecular flexibility index (Phi) is 8.82. The van der Waals surface area contributed by atoms with E-state index in [0.29, 0.717) is 0 Å². The van der Waals surface area contributed by atoms with E-state index in [1.807, 2.05) is 29.1 Å². The molecule has 1 rings (SSSR count). The molecule has 0 radical (unpaired) electrons. The molecular formula is C12H17BrN2O3. The Morgan fingerprint density at radius 2 is 1.94 bits per heavy atom. The molecule has 0 atom stereocenters. The molecule has 6 heteroatoms. The third kappa shape index (κ3) is 7.01. The molecular weight excluding hydrogens is 300 g/mol. The van der Waals surface area contributed by atoms with E-state index in [1.54, 1.807) is 0 Å². The number of hydrogen-bond donors (Lipinski definition) is 2. The number of hydrogen-bond acceptors (Lipinski definition) is 3. The summed E-state index contributed by atoms with van der Waals surface area (Å²) in [6, 6.07) is 3.72. The van der Waals surface area contributed by atoms with Crippen LogP contribution < -0.4 is 21.5 Å². The van der Waals surface area contributed by atoms with Crippen molar-refractivity contribution in [2.45, 2.75) is 32.2 Å². The van der Waals surface area contributed by atoms with Gasteiger partial charge in [-0.05, 0) is 12.8 Å². The van der Waals surface area contributed by atoms with Gasteiger partial charge in [-0.2, -0.15) is 0 Å². The first-order chi connectivity index (χ1) is 8.22. The second-order valence-electron chi connectivity index (χ2n) is 3.82. The fourth-order valence-electron chi connectivity index (χ4n) is 1.52. The van der Waals surface area contributed by atoms with E-state index < -0.39 is 5.97 Å². The summed E-state index contributed by atoms with van der Waals surface area (Å²) in [7, 11) is 0. The van der Waals surface area contributed by atoms with Crippen molar-refractivity contribution in [3.63, 3.8) is 0 Å². The fraction of sp³-hybridized carbons (Fsp3) is 0.417. The zero-order valence-electron chi connectivity index (χ0n) is 10.00. The first-order valence-electron chi connectivity index (χ1n) is 5.60. The monoisotopic (exact) mass is 316 g/mol. The van der Waals surface area contributed by atoms with E-state index in [9.17, 15) is 4.79 Å². The zero-order chi connectivity index (χ0) is 12.5. The minimum absolute atomic E-state index is 0. The molecule has 0 unspecified atom stereocenters. The summed E-state index contributed by atoms with van der Waals surface area (Å²) in [6.07, 6.45) is 8.05. The third-order valence-corrected chi connectivity index (χ3v) is 2.43. The summed E-state index contributed by atoms with van der Waals surface area (Å²) >= 11 is 0. The van der Waals surface area contributed by atoms with Crippen LogP contribution >= 0.6 is 0 Å². The van der Waals surface area contributed by atoms with Crippen molar-refractivity contribution >= 4 is 12.2 Å². The molecule has 1 heterocycles. The topological polar surface area (TPSA) is 73.8 Å². The summed E-state index contributed by atoms with van der Waals surface area (Å²) in [5, 5.41) is 19.8. The number of nitrogens with zero attached hydrogens (tertiary/aromatic N) is 2. The van der Waals surface area contributed by atoms with Gasteiger partial charge in [-0.15, -0.1) is 0 Å². The predicted molar refractivity (Wildman–Crippen MR) is 62.1 cm³/mol. The fourth-order valence-corrected chi connectivity index (χ4v) is 1.52. The summed E-state index contributed by atoms with van der Waals surface area (Å²) in [5.41, 5.74) is 0.842. The number of pyridine rings is 1. The summed E-state index contributed by atoms with van der Waals surface area (Å²) < 4.78 is 2.02. The molecule has 1 aromatic rings. The van der Waals surface area contributed by atoms with Crippen LogP contribution in [0.1, 0.15) is 31.2 Å². The van der Waals surface area contributed by atoms with Crippen molar-refractivity contribution in [3.05, 3.63) is 30.1 Å². The minimum atomic E-state index is -0.731. The van der Waals surface area contributed by atoms with Crippen molar-refractivity contribution in [1.82, 2.24) is 0 Å². The molecule has 0 aliphatic rings. The highest BCUT2D eigenvalue weighted by molar-refractivity contribution is 5.78. The largest absolute Gasteiger partial charge is 1.00 e. The minimum Gasteiger partial charge on any atom is -1.00 e. The number of carbonyl (C=O) groups is 1. The lowest BCUT2D eigenvalue weighted by atomic mass is 10.2. The van der Waals surface area contributed by atoms with Crippen molar-refractivity contribution in [1.29, 1.82) is 0 Å². The average Bonchev–Trinajstić information content (AvgIpc) is 2.31. The molecule has 0 saturated heterocycles. The first kappa shape index (κ1) is 16.6. The van der Waals surface area contributed by atoms with Gasteiger partial charge in [0.1, 0.15) is 6.54 Å². The van der Waals surface area contributed by atoms with Crippen molar-refractivity contribution in [2.24, 2.45) is 5.16 Å². The van der Waals surface area contributed by atoms with Crippen LogP contribution in [0.25, 0.3) is 0 Å². The van der Waals surface area contributed by atoms with Crippen LogP contribution in [0.15, 0.2) is 29.7 Å². The van der Waals surface area contributed by atoms with Gasteiger partial charge in [0.2, 0.25) is 0 Å². The SMILES string of the molecule is O=C(O)CCCCC[n+]1ccc(/C=N/O)cc1.[Br-]. The molecule has 0 bridgehead atoms. The van der Waals surface area contributed by atoms with Crippen LogP contribution in [0.5, 0.6) is 0 Å². The van der Waals surface area contributed by atoms with Crippen LogP contribution in [-0.4, -0.2) is 22.5 Å². The number of aromatic nitrogens is 1. The lowest BCUT2D eigenvalue weighted by Crippen LogP contribution is -3.00. The van der Waals surface area contributed by atoms with Crippen molar-refractivity contribution in [2.75, 3.05) is 0 Å². The van der Waals surface area contributed by atoms with Gasteiger partial charge >= 0.3 is 5.97 Å². The van der Waals surface area contributed by atoms with Gasteiger partial charge in [0.25, 0.3) is 0 Å². The van der Waals surface area contributed by atoms with Gasteiger partial charge in [0.15, 0.2) is 12.4 Å². The Morgan fingerprint density at radius 3 is 2.50 bits per heavy atom. The van der Waals surface area contributed by atoms with Crippen LogP contribution in [0, 0.1) is 0 Å². The maximum atomic E-state index is 10.3. The molecule has 0 aliphatic carbocycles.